The Balaban J connectivity index is 1.86. The fourth-order valence-corrected chi connectivity index (χ4v) is 4.51. The number of amidine groups is 1. The molecule has 0 N–H and O–H groups in total. The molecule has 0 amide bonds. The van der Waals surface area contributed by atoms with Crippen LogP contribution in [0.5, 0.6) is 0 Å². The maximum atomic E-state index is 11.6. The number of carbonyl (C=O) groups excluding carboxylic acids is 1. The van der Waals surface area contributed by atoms with Gasteiger partial charge in [-0.25, -0.2) is 0 Å². The van der Waals surface area contributed by atoms with Crippen LogP contribution in [0.3, 0.4) is 0 Å². The number of rotatable bonds is 8. The van der Waals surface area contributed by atoms with Crippen LogP contribution < -0.4 is 4.90 Å². The smallest absolute Gasteiger partial charge is 0.163 e. The lowest BCUT2D eigenvalue weighted by Gasteiger charge is -2.30. The second-order valence-electron chi connectivity index (χ2n) is 8.35. The molecule has 0 heterocycles. The lowest BCUT2D eigenvalue weighted by atomic mass is 9.99. The summed E-state index contributed by atoms with van der Waals surface area (Å²) in [7, 11) is 0. The number of nitrogens with zero attached hydrogens (tertiary/aromatic N) is 3. The van der Waals surface area contributed by atoms with E-state index in [9.17, 15) is 4.79 Å². The van der Waals surface area contributed by atoms with Crippen LogP contribution in [0.15, 0.2) is 76.9 Å². The molecule has 1 aliphatic carbocycles. The summed E-state index contributed by atoms with van der Waals surface area (Å²) in [6.07, 6.45) is 3.51. The highest BCUT2D eigenvalue weighted by Gasteiger charge is 2.28. The van der Waals surface area contributed by atoms with Crippen molar-refractivity contribution in [2.24, 2.45) is 10.2 Å². The Hall–Kier alpha value is -2.92. The first-order chi connectivity index (χ1) is 15.0. The molecule has 1 fully saturated rings. The molecule has 5 heteroatoms. The van der Waals surface area contributed by atoms with Gasteiger partial charge in [-0.1, -0.05) is 60.7 Å². The van der Waals surface area contributed by atoms with E-state index in [-0.39, 0.29) is 0 Å². The van der Waals surface area contributed by atoms with Crippen LogP contribution in [-0.2, 0) is 4.79 Å². The van der Waals surface area contributed by atoms with Gasteiger partial charge in [0.25, 0.3) is 0 Å². The van der Waals surface area contributed by atoms with Crippen molar-refractivity contribution in [1.29, 1.82) is 0 Å². The second kappa shape index (κ2) is 9.06. The van der Waals surface area contributed by atoms with Gasteiger partial charge in [0.1, 0.15) is 6.29 Å². The van der Waals surface area contributed by atoms with E-state index in [1.807, 2.05) is 44.2 Å². The summed E-state index contributed by atoms with van der Waals surface area (Å²) in [6, 6.07) is 23.0. The zero-order valence-corrected chi connectivity index (χ0v) is 18.8. The van der Waals surface area contributed by atoms with E-state index >= 15 is 0 Å². The van der Waals surface area contributed by atoms with Gasteiger partial charge in [-0.3, -0.25) is 0 Å². The maximum absolute atomic E-state index is 11.6. The maximum Gasteiger partial charge on any atom is 0.163 e. The van der Waals surface area contributed by atoms with Crippen LogP contribution in [0, 0.1) is 0 Å². The van der Waals surface area contributed by atoms with Gasteiger partial charge in [-0.15, -0.1) is 16.9 Å². The molecule has 0 aromatic heterocycles. The van der Waals surface area contributed by atoms with E-state index < -0.39 is 4.75 Å². The molecule has 0 atom stereocenters. The van der Waals surface area contributed by atoms with Crippen LogP contribution in [0.4, 0.5) is 5.69 Å². The Kier molecular flexibility index (Phi) is 6.23. The van der Waals surface area contributed by atoms with Crippen LogP contribution in [-0.4, -0.2) is 29.5 Å². The number of carbonyl (C=O) groups is 1. The lowest BCUT2D eigenvalue weighted by Crippen LogP contribution is -2.34. The van der Waals surface area contributed by atoms with Crippen molar-refractivity contribution in [3.05, 3.63) is 77.9 Å². The molecular formula is C26H27N3OS. The van der Waals surface area contributed by atoms with Gasteiger partial charge in [0.2, 0.25) is 0 Å². The van der Waals surface area contributed by atoms with E-state index in [1.54, 1.807) is 11.8 Å². The zero-order chi connectivity index (χ0) is 21.8. The van der Waals surface area contributed by atoms with Gasteiger partial charge in [0, 0.05) is 17.7 Å². The summed E-state index contributed by atoms with van der Waals surface area (Å²) < 4.78 is -0.509. The second-order valence-corrected chi connectivity index (χ2v) is 9.95. The highest BCUT2D eigenvalue weighted by atomic mass is 32.2. The normalized spacial score (nSPS) is 14.5. The minimum absolute atomic E-state index is 0.509. The average Bonchev–Trinajstić information content (AvgIpc) is 3.64. The van der Waals surface area contributed by atoms with E-state index in [4.69, 9.17) is 0 Å². The first-order valence-electron chi connectivity index (χ1n) is 10.5. The lowest BCUT2D eigenvalue weighted by molar-refractivity contribution is -0.109. The molecule has 0 spiro atoms. The monoisotopic (exact) mass is 429 g/mol. The summed E-state index contributed by atoms with van der Waals surface area (Å²) in [4.78, 5) is 13.7. The van der Waals surface area contributed by atoms with E-state index in [2.05, 4.69) is 58.2 Å². The van der Waals surface area contributed by atoms with Crippen LogP contribution in [0.25, 0.3) is 10.8 Å². The molecule has 0 unspecified atom stereocenters. The third-order valence-electron chi connectivity index (χ3n) is 5.55. The van der Waals surface area contributed by atoms with Crippen LogP contribution in [0.2, 0.25) is 0 Å². The number of hydrogen-bond donors (Lipinski definition) is 0. The summed E-state index contributed by atoms with van der Waals surface area (Å²) >= 11 is 1.58. The third-order valence-corrected chi connectivity index (χ3v) is 6.77. The Morgan fingerprint density at radius 2 is 1.74 bits per heavy atom. The Labute approximate surface area is 188 Å². The molecular weight excluding hydrogens is 402 g/mol. The third kappa shape index (κ3) is 4.72. The molecule has 4 rings (SSSR count). The molecule has 0 aliphatic heterocycles. The van der Waals surface area contributed by atoms with Crippen molar-refractivity contribution in [3.8, 4) is 0 Å². The number of hydrogen-bond acceptors (Lipinski definition) is 4. The number of aldehydes is 1. The van der Waals surface area contributed by atoms with Gasteiger partial charge in [0.05, 0.1) is 16.3 Å². The molecule has 3 aromatic rings. The van der Waals surface area contributed by atoms with Gasteiger partial charge < -0.3 is 9.69 Å². The Bertz CT molecular complexity index is 1120. The van der Waals surface area contributed by atoms with Gasteiger partial charge in [-0.2, -0.15) is 5.10 Å². The zero-order valence-electron chi connectivity index (χ0n) is 18.0. The highest BCUT2D eigenvalue weighted by molar-refractivity contribution is 8.01. The quantitative estimate of drug-likeness (QED) is 0.140. The fraction of sp³-hybridized carbons (Fsp3) is 0.269. The summed E-state index contributed by atoms with van der Waals surface area (Å²) in [5.74, 6) is 1.93. The predicted octanol–water partition coefficient (Wildman–Crippen LogP) is 6.25. The standard InChI is InChI=1S/C26H27N3OS/c1-26(2,17-30)31-18-29(25(28-27-3)20-9-5-4-6-10-20)24-16-15-21(19-13-14-19)22-11-7-8-12-23(22)24/h4-12,15-17,19H,3,13-14,18H2,1-2H3/b28-25-. The van der Waals surface area contributed by atoms with Gasteiger partial charge >= 0.3 is 0 Å². The fourth-order valence-electron chi connectivity index (χ4n) is 3.72. The topological polar surface area (TPSA) is 45.0 Å². The SMILES string of the molecule is C=N/N=C(/c1ccccc1)N(CSC(C)(C)C=O)c1ccc(C2CC2)c2ccccc12. The van der Waals surface area contributed by atoms with E-state index in [0.717, 1.165) is 17.5 Å². The summed E-state index contributed by atoms with van der Waals surface area (Å²) in [5, 5.41) is 10.8. The van der Waals surface area contributed by atoms with Crippen LogP contribution in [0.1, 0.15) is 43.7 Å². The highest BCUT2D eigenvalue weighted by Crippen LogP contribution is 2.45. The molecule has 0 radical (unpaired) electrons. The molecule has 3 aromatic carbocycles. The first-order valence-corrected chi connectivity index (χ1v) is 11.5. The largest absolute Gasteiger partial charge is 0.314 e. The number of anilines is 1. The van der Waals surface area contributed by atoms with Crippen molar-refractivity contribution in [3.63, 3.8) is 0 Å². The number of benzene rings is 3. The molecule has 31 heavy (non-hydrogen) atoms. The minimum atomic E-state index is -0.509. The molecule has 158 valence electrons. The van der Waals surface area contributed by atoms with Crippen molar-refractivity contribution < 1.29 is 4.79 Å². The Morgan fingerprint density at radius 3 is 2.39 bits per heavy atom. The van der Waals surface area contributed by atoms with Crippen molar-refractivity contribution in [2.45, 2.75) is 37.4 Å². The van der Waals surface area contributed by atoms with Crippen molar-refractivity contribution >= 4 is 47.1 Å². The first kappa shape index (κ1) is 21.3. The molecule has 0 bridgehead atoms. The van der Waals surface area contributed by atoms with Crippen molar-refractivity contribution in [1.82, 2.24) is 0 Å². The van der Waals surface area contributed by atoms with E-state index in [1.165, 1.54) is 29.2 Å². The summed E-state index contributed by atoms with van der Waals surface area (Å²) in [5.41, 5.74) is 3.43. The van der Waals surface area contributed by atoms with Gasteiger partial charge in [-0.05, 0) is 49.6 Å². The van der Waals surface area contributed by atoms with Crippen LogP contribution >= 0.6 is 11.8 Å². The predicted molar refractivity (Wildman–Crippen MR) is 134 cm³/mol. The average molecular weight is 430 g/mol. The number of fused-ring (bicyclic) bond motifs is 1. The molecule has 4 nitrogen and oxygen atoms in total. The summed E-state index contributed by atoms with van der Waals surface area (Å²) in [6.45, 7) is 7.47. The van der Waals surface area contributed by atoms with Crippen molar-refractivity contribution in [2.75, 3.05) is 10.8 Å². The Morgan fingerprint density at radius 1 is 1.06 bits per heavy atom. The molecule has 1 aliphatic rings. The van der Waals surface area contributed by atoms with E-state index in [0.29, 0.717) is 17.6 Å². The van der Waals surface area contributed by atoms with Gasteiger partial charge in [0.15, 0.2) is 5.84 Å². The molecule has 0 saturated heterocycles. The number of thioether (sulfide) groups is 1. The minimum Gasteiger partial charge on any atom is -0.314 e. The molecule has 1 saturated carbocycles.